The van der Waals surface area contributed by atoms with Crippen LogP contribution < -0.4 is 10.1 Å². The predicted molar refractivity (Wildman–Crippen MR) is 111 cm³/mol. The fraction of sp³-hybridized carbons (Fsp3) is 0.318. The number of ether oxygens (including phenoxy) is 1. The Balaban J connectivity index is 1.12. The molecule has 154 valence electrons. The van der Waals surface area contributed by atoms with Crippen LogP contribution in [-0.2, 0) is 4.79 Å². The third-order valence-electron chi connectivity index (χ3n) is 5.93. The highest BCUT2D eigenvalue weighted by atomic mass is 35.5. The van der Waals surface area contributed by atoms with Gasteiger partial charge >= 0.3 is 0 Å². The van der Waals surface area contributed by atoms with Crippen LogP contribution in [0.5, 0.6) is 5.75 Å². The van der Waals surface area contributed by atoms with Crippen molar-refractivity contribution in [3.05, 3.63) is 66.1 Å². The zero-order valence-electron chi connectivity index (χ0n) is 16.1. The first-order valence-corrected chi connectivity index (χ1v) is 10.1. The van der Waals surface area contributed by atoms with Gasteiger partial charge in [0.25, 0.3) is 0 Å². The number of rotatable bonds is 8. The summed E-state index contributed by atoms with van der Waals surface area (Å²) in [5.41, 5.74) is 1.15. The molecule has 0 atom stereocenters. The quantitative estimate of drug-likeness (QED) is 0.577. The van der Waals surface area contributed by atoms with Crippen LogP contribution in [0.4, 0.5) is 10.1 Å². The first kappa shape index (κ1) is 19.1. The van der Waals surface area contributed by atoms with Crippen molar-refractivity contribution in [1.82, 2.24) is 14.5 Å². The number of nitrogens with zero attached hydrogens (tertiary/aromatic N) is 3. The van der Waals surface area contributed by atoms with E-state index in [1.165, 1.54) is 12.1 Å². The molecule has 2 aromatic heterocycles. The molecule has 2 bridgehead atoms. The second-order valence-corrected chi connectivity index (χ2v) is 8.80. The van der Waals surface area contributed by atoms with Gasteiger partial charge in [0.05, 0.1) is 5.02 Å². The molecule has 1 N–H and O–H groups in total. The average Bonchev–Trinajstić information content (AvgIpc) is 3.21. The molecule has 8 heteroatoms. The molecule has 30 heavy (non-hydrogen) atoms. The molecule has 2 heterocycles. The van der Waals surface area contributed by atoms with E-state index in [-0.39, 0.29) is 28.4 Å². The van der Waals surface area contributed by atoms with Crippen LogP contribution >= 0.6 is 11.6 Å². The molecule has 3 aliphatic carbocycles. The summed E-state index contributed by atoms with van der Waals surface area (Å²) >= 11 is 5.66. The van der Waals surface area contributed by atoms with Gasteiger partial charge in [0.15, 0.2) is 5.78 Å². The molecular weight excluding hydrogens is 407 g/mol. The van der Waals surface area contributed by atoms with Gasteiger partial charge < -0.3 is 10.1 Å². The van der Waals surface area contributed by atoms with E-state index in [2.05, 4.69) is 15.3 Å². The Morgan fingerprint density at radius 1 is 1.23 bits per heavy atom. The summed E-state index contributed by atoms with van der Waals surface area (Å²) in [4.78, 5) is 20.8. The fourth-order valence-electron chi connectivity index (χ4n) is 4.86. The van der Waals surface area contributed by atoms with E-state index in [9.17, 15) is 9.18 Å². The smallest absolute Gasteiger partial charge is 0.170 e. The van der Waals surface area contributed by atoms with Gasteiger partial charge in [0, 0.05) is 48.4 Å². The minimum Gasteiger partial charge on any atom is -0.486 e. The summed E-state index contributed by atoms with van der Waals surface area (Å²) < 4.78 is 20.7. The monoisotopic (exact) mass is 426 g/mol. The molecule has 3 aliphatic rings. The molecule has 3 aromatic rings. The van der Waals surface area contributed by atoms with Crippen molar-refractivity contribution in [2.75, 3.05) is 11.9 Å². The number of carbonyl (C=O) groups excluding carboxylic acids is 1. The largest absolute Gasteiger partial charge is 0.486 e. The zero-order valence-corrected chi connectivity index (χ0v) is 16.9. The number of imidazole rings is 1. The fourth-order valence-corrected chi connectivity index (χ4v) is 4.97. The summed E-state index contributed by atoms with van der Waals surface area (Å²) in [6, 6.07) is 8.13. The van der Waals surface area contributed by atoms with Crippen molar-refractivity contribution >= 4 is 23.1 Å². The molecule has 0 unspecified atom stereocenters. The number of pyridine rings is 1. The number of hydrogen-bond donors (Lipinski definition) is 1. The zero-order chi connectivity index (χ0) is 20.8. The molecule has 1 aromatic carbocycles. The topological polar surface area (TPSA) is 69.0 Å². The summed E-state index contributed by atoms with van der Waals surface area (Å²) in [5, 5.41) is 3.65. The van der Waals surface area contributed by atoms with E-state index < -0.39 is 5.82 Å². The summed E-state index contributed by atoms with van der Waals surface area (Å²) in [5.74, 6) is 0.600. The summed E-state index contributed by atoms with van der Waals surface area (Å²) in [6.07, 6.45) is 10.4. The number of halogens is 2. The molecule has 3 fully saturated rings. The molecule has 6 rings (SSSR count). The van der Waals surface area contributed by atoms with Crippen LogP contribution in [0, 0.1) is 11.2 Å². The standard InChI is InChI=1S/C22H20ClFN4O2/c23-18-2-1-17(8-19(18)24)30-10-16(29)9-21-11-22(12-21,13-21)27-15-3-4-26-20(7-15)28-6-5-25-14-28/h1-8,14H,9-13H2,(H,26,27). The van der Waals surface area contributed by atoms with Crippen molar-refractivity contribution in [1.29, 1.82) is 0 Å². The molecule has 0 aliphatic heterocycles. The number of carbonyl (C=O) groups is 1. The Bertz CT molecular complexity index is 1080. The van der Waals surface area contributed by atoms with Crippen LogP contribution in [0.3, 0.4) is 0 Å². The first-order valence-electron chi connectivity index (χ1n) is 9.77. The maximum atomic E-state index is 13.5. The number of anilines is 1. The number of nitrogens with one attached hydrogen (secondary N) is 1. The van der Waals surface area contributed by atoms with Crippen molar-refractivity contribution in [2.45, 2.75) is 31.2 Å². The van der Waals surface area contributed by atoms with Crippen molar-refractivity contribution < 1.29 is 13.9 Å². The third kappa shape index (κ3) is 3.54. The minimum atomic E-state index is -0.554. The Morgan fingerprint density at radius 2 is 2.07 bits per heavy atom. The van der Waals surface area contributed by atoms with Gasteiger partial charge in [0.2, 0.25) is 0 Å². The Labute approximate surface area is 178 Å². The van der Waals surface area contributed by atoms with Crippen molar-refractivity contribution in [2.24, 2.45) is 5.41 Å². The molecule has 6 nitrogen and oxygen atoms in total. The summed E-state index contributed by atoms with van der Waals surface area (Å²) in [7, 11) is 0. The minimum absolute atomic E-state index is 0.0324. The van der Waals surface area contributed by atoms with Crippen LogP contribution in [0.2, 0.25) is 5.02 Å². The lowest BCUT2D eigenvalue weighted by Crippen LogP contribution is -2.71. The van der Waals surface area contributed by atoms with Crippen molar-refractivity contribution in [3.8, 4) is 11.6 Å². The first-order chi connectivity index (χ1) is 14.4. The van der Waals surface area contributed by atoms with Gasteiger partial charge in [0.1, 0.15) is 30.3 Å². The molecule has 3 saturated carbocycles. The van der Waals surface area contributed by atoms with Gasteiger partial charge in [-0.15, -0.1) is 0 Å². The van der Waals surface area contributed by atoms with E-state index >= 15 is 0 Å². The number of ketones is 1. The predicted octanol–water partition coefficient (Wildman–Crippen LogP) is 4.43. The number of hydrogen-bond acceptors (Lipinski definition) is 5. The van der Waals surface area contributed by atoms with Gasteiger partial charge in [-0.25, -0.2) is 14.4 Å². The average molecular weight is 427 g/mol. The van der Waals surface area contributed by atoms with Gasteiger partial charge in [-0.05, 0) is 42.9 Å². The summed E-state index contributed by atoms with van der Waals surface area (Å²) in [6.45, 7) is -0.0537. The lowest BCUT2D eigenvalue weighted by Gasteiger charge is -2.71. The van der Waals surface area contributed by atoms with E-state index in [4.69, 9.17) is 16.3 Å². The Morgan fingerprint density at radius 3 is 2.80 bits per heavy atom. The molecule has 0 saturated heterocycles. The number of aromatic nitrogens is 3. The number of benzene rings is 1. The van der Waals surface area contributed by atoms with E-state index in [1.54, 1.807) is 24.8 Å². The highest BCUT2D eigenvalue weighted by Gasteiger charge is 2.68. The van der Waals surface area contributed by atoms with Crippen LogP contribution in [-0.4, -0.2) is 32.5 Å². The van der Waals surface area contributed by atoms with Gasteiger partial charge in [-0.1, -0.05) is 11.6 Å². The molecule has 0 amide bonds. The Hall–Kier alpha value is -2.93. The molecular formula is C22H20ClFN4O2. The van der Waals surface area contributed by atoms with E-state index in [0.29, 0.717) is 12.2 Å². The maximum Gasteiger partial charge on any atom is 0.170 e. The lowest BCUT2D eigenvalue weighted by atomic mass is 9.38. The third-order valence-corrected chi connectivity index (χ3v) is 6.23. The van der Waals surface area contributed by atoms with Crippen LogP contribution in [0.25, 0.3) is 5.82 Å². The van der Waals surface area contributed by atoms with Gasteiger partial charge in [-0.2, -0.15) is 0 Å². The van der Waals surface area contributed by atoms with E-state index in [1.807, 2.05) is 22.9 Å². The van der Waals surface area contributed by atoms with E-state index in [0.717, 1.165) is 30.8 Å². The SMILES string of the molecule is O=C(COc1ccc(Cl)c(F)c1)CC12CC(Nc3ccnc(-n4ccnc4)c3)(C1)C2. The second-order valence-electron chi connectivity index (χ2n) is 8.39. The molecule has 0 radical (unpaired) electrons. The second kappa shape index (κ2) is 7.09. The Kier molecular flexibility index (Phi) is 4.50. The maximum absolute atomic E-state index is 13.5. The number of Topliss-reactive ketones (excluding diaryl/α,β-unsaturated/α-hetero) is 1. The van der Waals surface area contributed by atoms with Crippen LogP contribution in [0.15, 0.2) is 55.2 Å². The highest BCUT2D eigenvalue weighted by Crippen LogP contribution is 2.70. The normalized spacial score (nSPS) is 23.9. The molecule has 0 spiro atoms. The van der Waals surface area contributed by atoms with Crippen LogP contribution in [0.1, 0.15) is 25.7 Å². The lowest BCUT2D eigenvalue weighted by molar-refractivity contribution is -0.147. The van der Waals surface area contributed by atoms with Crippen molar-refractivity contribution in [3.63, 3.8) is 0 Å². The highest BCUT2D eigenvalue weighted by molar-refractivity contribution is 6.30. The van der Waals surface area contributed by atoms with Gasteiger partial charge in [-0.3, -0.25) is 9.36 Å².